The van der Waals surface area contributed by atoms with Crippen LogP contribution in [0.3, 0.4) is 0 Å². The molecule has 5 N–H and O–H groups in total. The van der Waals surface area contributed by atoms with Crippen molar-refractivity contribution >= 4 is 23.2 Å². The predicted molar refractivity (Wildman–Crippen MR) is 164 cm³/mol. The zero-order chi connectivity index (χ0) is 28.4. The maximum absolute atomic E-state index is 12.7. The molecule has 212 valence electrons. The minimum Gasteiger partial charge on any atom is -0.375 e. The highest BCUT2D eigenvalue weighted by Crippen LogP contribution is 2.29. The summed E-state index contributed by atoms with van der Waals surface area (Å²) >= 11 is 0. The van der Waals surface area contributed by atoms with E-state index in [9.17, 15) is 4.79 Å². The Hall–Kier alpha value is -4.60. The van der Waals surface area contributed by atoms with Gasteiger partial charge in [0, 0.05) is 50.8 Å². The maximum Gasteiger partial charge on any atom is 0.323 e. The van der Waals surface area contributed by atoms with Crippen molar-refractivity contribution in [2.24, 2.45) is 0 Å². The molecule has 0 aromatic heterocycles. The molecule has 9 heteroatoms. The molecular weight excluding hydrogens is 514 g/mol. The summed E-state index contributed by atoms with van der Waals surface area (Å²) in [5.74, 6) is 1.32. The molecule has 2 aliphatic rings. The number of carbonyl (C=O) groups excluding carboxylic acids is 1. The van der Waals surface area contributed by atoms with Gasteiger partial charge in [-0.05, 0) is 41.5 Å². The lowest BCUT2D eigenvalue weighted by Gasteiger charge is -2.43. The second-order valence-corrected chi connectivity index (χ2v) is 9.97. The molecule has 1 saturated heterocycles. The van der Waals surface area contributed by atoms with E-state index in [1.807, 2.05) is 79.9 Å². The van der Waals surface area contributed by atoms with Crippen LogP contribution in [0.2, 0.25) is 0 Å². The summed E-state index contributed by atoms with van der Waals surface area (Å²) in [6.45, 7) is 4.33. The molecule has 5 rings (SSSR count). The number of hydrogen-bond acceptors (Lipinski definition) is 6. The van der Waals surface area contributed by atoms with E-state index in [2.05, 4.69) is 49.3 Å². The van der Waals surface area contributed by atoms with E-state index < -0.39 is 0 Å². The summed E-state index contributed by atoms with van der Waals surface area (Å²) < 4.78 is 6.04. The zero-order valence-electron chi connectivity index (χ0n) is 23.3. The standard InChI is InChI=1S/C32H37N7O2/c1-34-31(28-15-16-35-30(28)33)39-18-17-38(19-20-41-23-24-9-4-2-5-10-24)29(22-39)25-11-8-14-27(21-25)37-32(40)36-26-12-6-3-7-13-26/h2-16,21,29,34H,17-20,22-23H2,1H3,(H2,33,35)(H2,36,37,40)/b31-28+. The van der Waals surface area contributed by atoms with Crippen molar-refractivity contribution in [2.45, 2.75) is 12.6 Å². The number of amides is 2. The average Bonchev–Trinajstić information content (AvgIpc) is 3.42. The molecule has 1 atom stereocenters. The van der Waals surface area contributed by atoms with Crippen molar-refractivity contribution < 1.29 is 9.53 Å². The van der Waals surface area contributed by atoms with Crippen LogP contribution >= 0.6 is 0 Å². The monoisotopic (exact) mass is 551 g/mol. The molecule has 9 nitrogen and oxygen atoms in total. The second kappa shape index (κ2) is 13.6. The molecular formula is C32H37N7O2. The Labute approximate surface area is 241 Å². The summed E-state index contributed by atoms with van der Waals surface area (Å²) in [5.41, 5.74) is 4.57. The Kier molecular flexibility index (Phi) is 9.30. The maximum atomic E-state index is 12.7. The number of amidine groups is 1. The summed E-state index contributed by atoms with van der Waals surface area (Å²) in [6, 6.07) is 27.4. The number of nitrogens with zero attached hydrogens (tertiary/aromatic N) is 2. The summed E-state index contributed by atoms with van der Waals surface area (Å²) in [6.07, 6.45) is 3.73. The summed E-state index contributed by atoms with van der Waals surface area (Å²) in [7, 11) is 1.90. The van der Waals surface area contributed by atoms with E-state index in [0.717, 1.165) is 60.1 Å². The third-order valence-electron chi connectivity index (χ3n) is 7.24. The van der Waals surface area contributed by atoms with Gasteiger partial charge in [-0.3, -0.25) is 10.3 Å². The van der Waals surface area contributed by atoms with Gasteiger partial charge >= 0.3 is 6.03 Å². The number of rotatable bonds is 10. The highest BCUT2D eigenvalue weighted by atomic mass is 16.5. The highest BCUT2D eigenvalue weighted by molar-refractivity contribution is 6.02. The summed E-state index contributed by atoms with van der Waals surface area (Å²) in [4.78, 5) is 17.4. The van der Waals surface area contributed by atoms with Gasteiger partial charge in [-0.1, -0.05) is 60.7 Å². The van der Waals surface area contributed by atoms with E-state index in [1.165, 1.54) is 0 Å². The van der Waals surface area contributed by atoms with Crippen LogP contribution in [0.5, 0.6) is 0 Å². The number of carbonyl (C=O) groups is 1. The van der Waals surface area contributed by atoms with Crippen LogP contribution in [0.4, 0.5) is 16.2 Å². The van der Waals surface area contributed by atoms with Crippen LogP contribution in [0.1, 0.15) is 17.2 Å². The fourth-order valence-electron chi connectivity index (χ4n) is 5.22. The molecule has 1 fully saturated rings. The molecule has 2 heterocycles. The molecule has 0 radical (unpaired) electrons. The minimum atomic E-state index is -0.286. The molecule has 0 bridgehead atoms. The molecule has 2 aliphatic heterocycles. The average molecular weight is 552 g/mol. The van der Waals surface area contributed by atoms with Gasteiger partial charge in [0.15, 0.2) is 0 Å². The van der Waals surface area contributed by atoms with Crippen LogP contribution < -0.4 is 21.3 Å². The number of ether oxygens (including phenoxy) is 1. The predicted octanol–water partition coefficient (Wildman–Crippen LogP) is 4.73. The van der Waals surface area contributed by atoms with Gasteiger partial charge < -0.3 is 30.9 Å². The van der Waals surface area contributed by atoms with Gasteiger partial charge in [-0.2, -0.15) is 0 Å². The zero-order valence-corrected chi connectivity index (χ0v) is 23.3. The van der Waals surface area contributed by atoms with Gasteiger partial charge in [0.1, 0.15) is 11.7 Å². The van der Waals surface area contributed by atoms with Crippen molar-refractivity contribution in [3.8, 4) is 0 Å². The first-order valence-electron chi connectivity index (χ1n) is 13.9. The van der Waals surface area contributed by atoms with Crippen LogP contribution in [-0.2, 0) is 11.3 Å². The molecule has 1 unspecified atom stereocenters. The lowest BCUT2D eigenvalue weighted by Crippen LogP contribution is -2.50. The van der Waals surface area contributed by atoms with E-state index >= 15 is 0 Å². The lowest BCUT2D eigenvalue weighted by molar-refractivity contribution is 0.0429. The van der Waals surface area contributed by atoms with Crippen molar-refractivity contribution in [1.29, 1.82) is 5.41 Å². The number of piperazine rings is 1. The van der Waals surface area contributed by atoms with Crippen LogP contribution in [0.15, 0.2) is 109 Å². The van der Waals surface area contributed by atoms with Crippen LogP contribution in [0, 0.1) is 5.41 Å². The number of para-hydroxylation sites is 1. The molecule has 3 aromatic rings. The Balaban J connectivity index is 1.31. The molecule has 41 heavy (non-hydrogen) atoms. The number of anilines is 2. The first-order chi connectivity index (χ1) is 20.1. The van der Waals surface area contributed by atoms with E-state index in [0.29, 0.717) is 19.0 Å². The van der Waals surface area contributed by atoms with Gasteiger partial charge in [-0.25, -0.2) is 4.79 Å². The fraction of sp³-hybridized carbons (Fsp3) is 0.250. The third kappa shape index (κ3) is 7.33. The molecule has 3 aromatic carbocycles. The lowest BCUT2D eigenvalue weighted by atomic mass is 10.0. The second-order valence-electron chi connectivity index (χ2n) is 9.97. The minimum absolute atomic E-state index is 0.0551. The van der Waals surface area contributed by atoms with Crippen molar-refractivity contribution in [1.82, 2.24) is 20.4 Å². The topological polar surface area (TPSA) is 105 Å². The molecule has 0 aliphatic carbocycles. The fourth-order valence-corrected chi connectivity index (χ4v) is 5.22. The van der Waals surface area contributed by atoms with Crippen LogP contribution in [-0.4, -0.2) is 61.5 Å². The van der Waals surface area contributed by atoms with Gasteiger partial charge in [0.25, 0.3) is 0 Å². The number of benzene rings is 3. The molecule has 2 amide bonds. The largest absolute Gasteiger partial charge is 0.375 e. The molecule has 0 saturated carbocycles. The highest BCUT2D eigenvalue weighted by Gasteiger charge is 2.31. The van der Waals surface area contributed by atoms with Crippen molar-refractivity contribution in [3.05, 3.63) is 120 Å². The Morgan fingerprint density at radius 1 is 0.976 bits per heavy atom. The van der Waals surface area contributed by atoms with E-state index in [-0.39, 0.29) is 12.1 Å². The van der Waals surface area contributed by atoms with E-state index in [4.69, 9.17) is 10.1 Å². The number of urea groups is 1. The van der Waals surface area contributed by atoms with Crippen molar-refractivity contribution in [3.63, 3.8) is 0 Å². The third-order valence-corrected chi connectivity index (χ3v) is 7.24. The van der Waals surface area contributed by atoms with E-state index in [1.54, 1.807) is 6.20 Å². The number of hydrogen-bond donors (Lipinski definition) is 5. The smallest absolute Gasteiger partial charge is 0.323 e. The van der Waals surface area contributed by atoms with Gasteiger partial charge in [-0.15, -0.1) is 0 Å². The first-order valence-corrected chi connectivity index (χ1v) is 13.9. The first kappa shape index (κ1) is 27.9. The molecule has 0 spiro atoms. The Morgan fingerprint density at radius 2 is 1.71 bits per heavy atom. The SMILES string of the molecule is CN/C(=C1/C=CNC1=N)N1CCN(CCOCc2ccccc2)C(c2cccc(NC(=O)Nc3ccccc3)c2)C1. The Bertz CT molecular complexity index is 1390. The summed E-state index contributed by atoms with van der Waals surface area (Å²) in [5, 5.41) is 20.5. The van der Waals surface area contributed by atoms with Crippen molar-refractivity contribution in [2.75, 3.05) is 50.5 Å². The van der Waals surface area contributed by atoms with Gasteiger partial charge in [0.2, 0.25) is 0 Å². The normalized spacial score (nSPS) is 18.1. The van der Waals surface area contributed by atoms with Crippen LogP contribution in [0.25, 0.3) is 0 Å². The quantitative estimate of drug-likeness (QED) is 0.234. The number of nitrogens with one attached hydrogen (secondary N) is 5. The Morgan fingerprint density at radius 3 is 2.44 bits per heavy atom. The van der Waals surface area contributed by atoms with Gasteiger partial charge in [0.05, 0.1) is 24.8 Å².